The van der Waals surface area contributed by atoms with Gasteiger partial charge in [0.2, 0.25) is 0 Å². The van der Waals surface area contributed by atoms with Crippen molar-refractivity contribution in [2.24, 2.45) is 0 Å². The van der Waals surface area contributed by atoms with Crippen molar-refractivity contribution >= 4 is 11.7 Å². The Balaban J connectivity index is 2.22. The van der Waals surface area contributed by atoms with E-state index in [-0.39, 0.29) is 6.10 Å². The van der Waals surface area contributed by atoms with Crippen molar-refractivity contribution < 1.29 is 14.6 Å². The highest BCUT2D eigenvalue weighted by Crippen LogP contribution is 2.26. The van der Waals surface area contributed by atoms with E-state index in [1.807, 2.05) is 35.2 Å². The van der Waals surface area contributed by atoms with Crippen LogP contribution in [0.3, 0.4) is 0 Å². The summed E-state index contributed by atoms with van der Waals surface area (Å²) in [7, 11) is 1.62. The molecular formula is C12H15NO3. The highest BCUT2D eigenvalue weighted by atomic mass is 16.5. The van der Waals surface area contributed by atoms with E-state index < -0.39 is 12.0 Å². The summed E-state index contributed by atoms with van der Waals surface area (Å²) in [6.45, 7) is 0.636. The molecule has 86 valence electrons. The quantitative estimate of drug-likeness (QED) is 0.837. The molecule has 0 unspecified atom stereocenters. The van der Waals surface area contributed by atoms with Crippen molar-refractivity contribution in [1.29, 1.82) is 0 Å². The fraction of sp³-hybridized carbons (Fsp3) is 0.417. The number of rotatable bonds is 3. The molecular weight excluding hydrogens is 206 g/mol. The van der Waals surface area contributed by atoms with E-state index >= 15 is 0 Å². The van der Waals surface area contributed by atoms with E-state index in [0.29, 0.717) is 13.0 Å². The Labute approximate surface area is 94.4 Å². The predicted octanol–water partition coefficient (Wildman–Crippen LogP) is 1.36. The van der Waals surface area contributed by atoms with E-state index in [2.05, 4.69) is 0 Å². The van der Waals surface area contributed by atoms with Crippen LogP contribution in [0.2, 0.25) is 0 Å². The van der Waals surface area contributed by atoms with Crippen molar-refractivity contribution in [2.45, 2.75) is 18.6 Å². The summed E-state index contributed by atoms with van der Waals surface area (Å²) in [4.78, 5) is 13.0. The maximum absolute atomic E-state index is 11.1. The molecule has 1 aliphatic rings. The smallest absolute Gasteiger partial charge is 0.326 e. The van der Waals surface area contributed by atoms with Gasteiger partial charge in [-0.1, -0.05) is 18.2 Å². The van der Waals surface area contributed by atoms with Gasteiger partial charge in [-0.05, 0) is 12.1 Å². The monoisotopic (exact) mass is 221 g/mol. The van der Waals surface area contributed by atoms with Gasteiger partial charge in [-0.2, -0.15) is 0 Å². The number of hydrogen-bond acceptors (Lipinski definition) is 3. The molecule has 0 aliphatic carbocycles. The maximum Gasteiger partial charge on any atom is 0.326 e. The summed E-state index contributed by atoms with van der Waals surface area (Å²) in [5.74, 6) is -0.789. The molecule has 0 radical (unpaired) electrons. The number of carboxylic acids is 1. The van der Waals surface area contributed by atoms with E-state index in [1.54, 1.807) is 7.11 Å². The largest absolute Gasteiger partial charge is 0.480 e. The molecule has 1 fully saturated rings. The zero-order valence-electron chi connectivity index (χ0n) is 9.17. The third-order valence-corrected chi connectivity index (χ3v) is 2.97. The number of benzene rings is 1. The lowest BCUT2D eigenvalue weighted by Crippen LogP contribution is -2.35. The van der Waals surface area contributed by atoms with E-state index in [4.69, 9.17) is 9.84 Å². The summed E-state index contributed by atoms with van der Waals surface area (Å²) < 4.78 is 5.24. The fourth-order valence-electron chi connectivity index (χ4n) is 2.11. The van der Waals surface area contributed by atoms with Crippen LogP contribution < -0.4 is 4.90 Å². The number of ether oxygens (including phenoxy) is 1. The molecule has 0 saturated carbocycles. The highest BCUT2D eigenvalue weighted by molar-refractivity contribution is 5.79. The third kappa shape index (κ3) is 2.02. The molecule has 0 spiro atoms. The van der Waals surface area contributed by atoms with Gasteiger partial charge < -0.3 is 14.7 Å². The number of para-hydroxylation sites is 1. The second-order valence-corrected chi connectivity index (χ2v) is 3.94. The molecule has 4 nitrogen and oxygen atoms in total. The van der Waals surface area contributed by atoms with E-state index in [1.165, 1.54) is 0 Å². The van der Waals surface area contributed by atoms with Crippen molar-refractivity contribution in [3.05, 3.63) is 30.3 Å². The molecule has 1 aliphatic heterocycles. The van der Waals surface area contributed by atoms with Crippen molar-refractivity contribution in [2.75, 3.05) is 18.6 Å². The van der Waals surface area contributed by atoms with Crippen LogP contribution in [0.4, 0.5) is 5.69 Å². The second-order valence-electron chi connectivity index (χ2n) is 3.94. The van der Waals surface area contributed by atoms with Gasteiger partial charge in [0.15, 0.2) is 0 Å². The number of carboxylic acid groups (broad SMARTS) is 1. The van der Waals surface area contributed by atoms with Crippen LogP contribution in [0.5, 0.6) is 0 Å². The lowest BCUT2D eigenvalue weighted by Gasteiger charge is -2.23. The van der Waals surface area contributed by atoms with Gasteiger partial charge in [-0.25, -0.2) is 4.79 Å². The lowest BCUT2D eigenvalue weighted by molar-refractivity contribution is -0.138. The summed E-state index contributed by atoms with van der Waals surface area (Å²) in [5.41, 5.74) is 0.939. The zero-order valence-corrected chi connectivity index (χ0v) is 9.17. The number of nitrogens with zero attached hydrogens (tertiary/aromatic N) is 1. The third-order valence-electron chi connectivity index (χ3n) is 2.97. The Morgan fingerprint density at radius 3 is 2.69 bits per heavy atom. The molecule has 1 aromatic rings. The molecule has 0 aromatic heterocycles. The normalized spacial score (nSPS) is 24.7. The van der Waals surface area contributed by atoms with Crippen molar-refractivity contribution in [1.82, 2.24) is 0 Å². The Morgan fingerprint density at radius 2 is 2.12 bits per heavy atom. The first kappa shape index (κ1) is 11.0. The lowest BCUT2D eigenvalue weighted by atomic mass is 10.2. The van der Waals surface area contributed by atoms with Gasteiger partial charge in [-0.3, -0.25) is 0 Å². The van der Waals surface area contributed by atoms with Gasteiger partial charge in [0, 0.05) is 25.8 Å². The standard InChI is InChI=1S/C12H15NO3/c1-16-10-7-11(12(14)15)13(8-10)9-5-3-2-4-6-9/h2-6,10-11H,7-8H2,1H3,(H,14,15)/t10-,11+/m1/s1. The van der Waals surface area contributed by atoms with Crippen LogP contribution in [-0.4, -0.2) is 36.9 Å². The highest BCUT2D eigenvalue weighted by Gasteiger charge is 2.36. The average molecular weight is 221 g/mol. The maximum atomic E-state index is 11.1. The van der Waals surface area contributed by atoms with Crippen LogP contribution in [0.1, 0.15) is 6.42 Å². The summed E-state index contributed by atoms with van der Waals surface area (Å²) >= 11 is 0. The molecule has 0 amide bonds. The minimum Gasteiger partial charge on any atom is -0.480 e. The topological polar surface area (TPSA) is 49.8 Å². The van der Waals surface area contributed by atoms with Crippen LogP contribution in [0.25, 0.3) is 0 Å². The molecule has 2 atom stereocenters. The Bertz CT molecular complexity index is 366. The Morgan fingerprint density at radius 1 is 1.44 bits per heavy atom. The zero-order chi connectivity index (χ0) is 11.5. The van der Waals surface area contributed by atoms with E-state index in [0.717, 1.165) is 5.69 Å². The van der Waals surface area contributed by atoms with Crippen molar-refractivity contribution in [3.63, 3.8) is 0 Å². The molecule has 0 bridgehead atoms. The molecule has 1 N–H and O–H groups in total. The fourth-order valence-corrected chi connectivity index (χ4v) is 2.11. The summed E-state index contributed by atoms with van der Waals surface area (Å²) in [5, 5.41) is 9.16. The first-order valence-corrected chi connectivity index (χ1v) is 5.29. The van der Waals surface area contributed by atoms with Gasteiger partial charge >= 0.3 is 5.97 Å². The summed E-state index contributed by atoms with van der Waals surface area (Å²) in [6, 6.07) is 9.11. The van der Waals surface area contributed by atoms with Gasteiger partial charge in [0.05, 0.1) is 6.10 Å². The van der Waals surface area contributed by atoms with Crippen LogP contribution in [-0.2, 0) is 9.53 Å². The number of aliphatic carboxylic acids is 1. The van der Waals surface area contributed by atoms with Crippen molar-refractivity contribution in [3.8, 4) is 0 Å². The predicted molar refractivity (Wildman–Crippen MR) is 60.6 cm³/mol. The second kappa shape index (κ2) is 4.53. The number of methoxy groups -OCH3 is 1. The Hall–Kier alpha value is -1.55. The van der Waals surface area contributed by atoms with Crippen LogP contribution in [0.15, 0.2) is 30.3 Å². The van der Waals surface area contributed by atoms with E-state index in [9.17, 15) is 4.79 Å². The number of carbonyl (C=O) groups is 1. The first-order valence-electron chi connectivity index (χ1n) is 5.29. The molecule has 1 saturated heterocycles. The van der Waals surface area contributed by atoms with Crippen LogP contribution in [0, 0.1) is 0 Å². The minimum absolute atomic E-state index is 0.00121. The molecule has 2 rings (SSSR count). The number of anilines is 1. The summed E-state index contributed by atoms with van der Waals surface area (Å²) in [6.07, 6.45) is 0.544. The first-order chi connectivity index (χ1) is 7.72. The Kier molecular flexibility index (Phi) is 3.10. The van der Waals surface area contributed by atoms with Gasteiger partial charge in [-0.15, -0.1) is 0 Å². The molecule has 1 heterocycles. The number of hydrogen-bond donors (Lipinski definition) is 1. The molecule has 16 heavy (non-hydrogen) atoms. The van der Waals surface area contributed by atoms with Crippen LogP contribution >= 0.6 is 0 Å². The molecule has 1 aromatic carbocycles. The van der Waals surface area contributed by atoms with Gasteiger partial charge in [0.1, 0.15) is 6.04 Å². The molecule has 4 heteroatoms. The SMILES string of the molecule is CO[C@@H]1C[C@@H](C(=O)O)N(c2ccccc2)C1. The minimum atomic E-state index is -0.789. The average Bonchev–Trinajstić information content (AvgIpc) is 2.74. The van der Waals surface area contributed by atoms with Gasteiger partial charge in [0.25, 0.3) is 0 Å².